The van der Waals surface area contributed by atoms with Crippen molar-refractivity contribution in [3.63, 3.8) is 0 Å². The first kappa shape index (κ1) is 15.8. The minimum atomic E-state index is -0.580. The molecule has 23 heavy (non-hydrogen) atoms. The number of fused-ring (bicyclic) bond motifs is 2. The predicted molar refractivity (Wildman–Crippen MR) is 80.5 cm³/mol. The highest BCUT2D eigenvalue weighted by molar-refractivity contribution is 5.95. The van der Waals surface area contributed by atoms with Crippen LogP contribution in [0, 0.1) is 17.8 Å². The van der Waals surface area contributed by atoms with E-state index < -0.39 is 18.1 Å². The lowest BCUT2D eigenvalue weighted by Gasteiger charge is -2.45. The maximum Gasteiger partial charge on any atom is 0.416 e. The van der Waals surface area contributed by atoms with Crippen molar-refractivity contribution >= 4 is 18.1 Å². The summed E-state index contributed by atoms with van der Waals surface area (Å²) < 4.78 is 9.88. The molecule has 3 aliphatic heterocycles. The maximum absolute atomic E-state index is 13.0. The van der Waals surface area contributed by atoms with Crippen LogP contribution in [0.4, 0.5) is 9.59 Å². The molecule has 0 aromatic carbocycles. The van der Waals surface area contributed by atoms with E-state index >= 15 is 0 Å². The molecule has 0 aromatic rings. The van der Waals surface area contributed by atoms with Crippen molar-refractivity contribution in [3.05, 3.63) is 12.2 Å². The Morgan fingerprint density at radius 3 is 2.70 bits per heavy atom. The fourth-order valence-corrected chi connectivity index (χ4v) is 3.70. The number of carbonyl (C=O) groups excluding carboxylic acids is 3. The molecule has 2 saturated heterocycles. The molecule has 0 unspecified atom stereocenters. The molecule has 0 N–H and O–H groups in total. The highest BCUT2D eigenvalue weighted by Gasteiger charge is 2.49. The minimum Gasteiger partial charge on any atom is -0.453 e. The second-order valence-electron chi connectivity index (χ2n) is 6.70. The first-order valence-electron chi connectivity index (χ1n) is 7.96. The molecule has 0 spiro atoms. The van der Waals surface area contributed by atoms with E-state index in [2.05, 4.69) is 0 Å². The van der Waals surface area contributed by atoms with E-state index in [0.29, 0.717) is 13.0 Å². The van der Waals surface area contributed by atoms with Gasteiger partial charge in [0.1, 0.15) is 6.61 Å². The number of rotatable bonds is 2. The zero-order valence-corrected chi connectivity index (χ0v) is 13.6. The van der Waals surface area contributed by atoms with E-state index in [4.69, 9.17) is 9.47 Å². The van der Waals surface area contributed by atoms with Crippen LogP contribution in [-0.2, 0) is 14.3 Å². The molecule has 1 aliphatic carbocycles. The van der Waals surface area contributed by atoms with Crippen molar-refractivity contribution in [2.75, 3.05) is 20.3 Å². The van der Waals surface area contributed by atoms with Gasteiger partial charge in [0.15, 0.2) is 0 Å². The summed E-state index contributed by atoms with van der Waals surface area (Å²) >= 11 is 0. The second-order valence-corrected chi connectivity index (χ2v) is 6.70. The molecule has 2 bridgehead atoms. The third kappa shape index (κ3) is 2.58. The summed E-state index contributed by atoms with van der Waals surface area (Å²) in [6.07, 6.45) is 3.54. The Morgan fingerprint density at radius 1 is 1.35 bits per heavy atom. The molecule has 7 heteroatoms. The number of carbonyl (C=O) groups is 3. The van der Waals surface area contributed by atoms with Crippen LogP contribution >= 0.6 is 0 Å². The predicted octanol–water partition coefficient (Wildman–Crippen LogP) is 1.63. The number of hydrogen-bond donors (Lipinski definition) is 0. The first-order valence-corrected chi connectivity index (χ1v) is 7.96. The standard InChI is InChI=1S/C16H22N2O5/c1-9(2)13-8-23-16(21)18(13)14(19)11-6-10-4-5-12(11)17(7-10)15(20)22-3/h4-5,9-13H,6-8H2,1-3H3/t10-,11+,12+,13-/m1/s1. The van der Waals surface area contributed by atoms with Crippen LogP contribution in [0.3, 0.4) is 0 Å². The molecule has 4 rings (SSSR count). The Bertz CT molecular complexity index is 559. The van der Waals surface area contributed by atoms with Gasteiger partial charge in [0, 0.05) is 6.54 Å². The lowest BCUT2D eigenvalue weighted by molar-refractivity contribution is -0.137. The van der Waals surface area contributed by atoms with Crippen molar-refractivity contribution in [1.82, 2.24) is 9.80 Å². The SMILES string of the molecule is COC(=O)N1C[C@@H]2C=C[C@H]1[C@@H](C(=O)N1C(=O)OC[C@@H]1C(C)C)C2. The van der Waals surface area contributed by atoms with Gasteiger partial charge >= 0.3 is 12.2 Å². The number of nitrogens with zero attached hydrogens (tertiary/aromatic N) is 2. The van der Waals surface area contributed by atoms with Gasteiger partial charge in [-0.25, -0.2) is 14.5 Å². The van der Waals surface area contributed by atoms with E-state index in [1.165, 1.54) is 12.0 Å². The average Bonchev–Trinajstić information content (AvgIpc) is 2.95. The number of piperidine rings is 1. The van der Waals surface area contributed by atoms with Crippen molar-refractivity contribution in [2.24, 2.45) is 17.8 Å². The number of hydrogen-bond acceptors (Lipinski definition) is 5. The van der Waals surface area contributed by atoms with Gasteiger partial charge in [0.2, 0.25) is 5.91 Å². The smallest absolute Gasteiger partial charge is 0.416 e. The van der Waals surface area contributed by atoms with Crippen molar-refractivity contribution < 1.29 is 23.9 Å². The monoisotopic (exact) mass is 322 g/mol. The Kier molecular flexibility index (Phi) is 4.04. The van der Waals surface area contributed by atoms with Gasteiger partial charge in [-0.15, -0.1) is 0 Å². The average molecular weight is 322 g/mol. The molecular weight excluding hydrogens is 300 g/mol. The lowest BCUT2D eigenvalue weighted by atomic mass is 9.77. The number of methoxy groups -OCH3 is 1. The quantitative estimate of drug-likeness (QED) is 0.722. The van der Waals surface area contributed by atoms with Crippen molar-refractivity contribution in [3.8, 4) is 0 Å². The van der Waals surface area contributed by atoms with Gasteiger partial charge in [-0.05, 0) is 18.3 Å². The van der Waals surface area contributed by atoms with Crippen LogP contribution in [0.1, 0.15) is 20.3 Å². The second kappa shape index (κ2) is 5.86. The summed E-state index contributed by atoms with van der Waals surface area (Å²) in [6, 6.07) is -0.604. The van der Waals surface area contributed by atoms with Crippen LogP contribution in [0.15, 0.2) is 12.2 Å². The van der Waals surface area contributed by atoms with Crippen LogP contribution in [0.25, 0.3) is 0 Å². The number of cyclic esters (lactones) is 1. The van der Waals surface area contributed by atoms with E-state index in [-0.39, 0.29) is 36.4 Å². The highest BCUT2D eigenvalue weighted by atomic mass is 16.6. The van der Waals surface area contributed by atoms with E-state index in [9.17, 15) is 14.4 Å². The molecule has 3 heterocycles. The molecule has 4 atom stereocenters. The van der Waals surface area contributed by atoms with Gasteiger partial charge in [-0.1, -0.05) is 26.0 Å². The Labute approximate surface area is 135 Å². The normalized spacial score (nSPS) is 32.4. The van der Waals surface area contributed by atoms with Crippen molar-refractivity contribution in [1.29, 1.82) is 0 Å². The Morgan fingerprint density at radius 2 is 2.09 bits per heavy atom. The highest BCUT2D eigenvalue weighted by Crippen LogP contribution is 2.37. The fourth-order valence-electron chi connectivity index (χ4n) is 3.70. The fraction of sp³-hybridized carbons (Fsp3) is 0.688. The number of imide groups is 1. The molecule has 126 valence electrons. The third-order valence-electron chi connectivity index (χ3n) is 4.98. The lowest BCUT2D eigenvalue weighted by Crippen LogP contribution is -2.58. The third-order valence-corrected chi connectivity index (χ3v) is 4.98. The molecular formula is C16H22N2O5. The zero-order chi connectivity index (χ0) is 16.7. The van der Waals surface area contributed by atoms with Crippen LogP contribution < -0.4 is 0 Å². The summed E-state index contributed by atoms with van der Waals surface area (Å²) in [5.41, 5.74) is 0. The topological polar surface area (TPSA) is 76.2 Å². The van der Waals surface area contributed by atoms with Crippen molar-refractivity contribution in [2.45, 2.75) is 32.4 Å². The minimum absolute atomic E-state index is 0.115. The molecule has 0 aromatic heterocycles. The number of amides is 3. The van der Waals surface area contributed by atoms with E-state index in [1.54, 1.807) is 4.90 Å². The molecule has 4 aliphatic rings. The van der Waals surface area contributed by atoms with Crippen LogP contribution in [0.5, 0.6) is 0 Å². The Hall–Kier alpha value is -2.05. The zero-order valence-electron chi connectivity index (χ0n) is 13.6. The van der Waals surface area contributed by atoms with Crippen LogP contribution in [0.2, 0.25) is 0 Å². The largest absolute Gasteiger partial charge is 0.453 e. The van der Waals surface area contributed by atoms with Crippen LogP contribution in [-0.4, -0.2) is 60.2 Å². The van der Waals surface area contributed by atoms with Gasteiger partial charge in [-0.2, -0.15) is 0 Å². The molecule has 2 fully saturated rings. The van der Waals surface area contributed by atoms with E-state index in [0.717, 1.165) is 0 Å². The van der Waals surface area contributed by atoms with Gasteiger partial charge < -0.3 is 14.4 Å². The van der Waals surface area contributed by atoms with E-state index in [1.807, 2.05) is 26.0 Å². The Balaban J connectivity index is 1.83. The first-order chi connectivity index (χ1) is 10.9. The number of ether oxygens (including phenoxy) is 2. The summed E-state index contributed by atoms with van der Waals surface area (Å²) in [6.45, 7) is 4.70. The van der Waals surface area contributed by atoms with Gasteiger partial charge in [0.25, 0.3) is 0 Å². The molecule has 0 saturated carbocycles. The molecule has 7 nitrogen and oxygen atoms in total. The molecule has 0 radical (unpaired) electrons. The van der Waals surface area contributed by atoms with Gasteiger partial charge in [0.05, 0.1) is 25.1 Å². The van der Waals surface area contributed by atoms with Gasteiger partial charge in [-0.3, -0.25) is 4.79 Å². The molecule has 3 amide bonds. The summed E-state index contributed by atoms with van der Waals surface area (Å²) in [5.74, 6) is -0.438. The summed E-state index contributed by atoms with van der Waals surface area (Å²) in [7, 11) is 1.33. The summed E-state index contributed by atoms with van der Waals surface area (Å²) in [5, 5.41) is 0. The maximum atomic E-state index is 13.0. The summed E-state index contributed by atoms with van der Waals surface area (Å²) in [4.78, 5) is 39.8.